The highest BCUT2D eigenvalue weighted by Gasteiger charge is 2.21. The lowest BCUT2D eigenvalue weighted by Crippen LogP contribution is -2.49. The fourth-order valence-electron chi connectivity index (χ4n) is 2.34. The fraction of sp³-hybridized carbons (Fsp3) is 0.438. The van der Waals surface area contributed by atoms with Gasteiger partial charge in [-0.1, -0.05) is 11.8 Å². The van der Waals surface area contributed by atoms with Crippen molar-refractivity contribution >= 4 is 5.91 Å². The molecule has 0 aliphatic carbocycles. The van der Waals surface area contributed by atoms with E-state index >= 15 is 0 Å². The van der Waals surface area contributed by atoms with Crippen LogP contribution in [-0.4, -0.2) is 71.9 Å². The Morgan fingerprint density at radius 1 is 1.10 bits per heavy atom. The average molecular weight is 288 g/mol. The lowest BCUT2D eigenvalue weighted by atomic mass is 10.1. The molecule has 0 spiro atoms. The minimum absolute atomic E-state index is 0.0281. The van der Waals surface area contributed by atoms with Gasteiger partial charge in [0.1, 0.15) is 6.61 Å². The zero-order chi connectivity index (χ0) is 15.1. The second-order valence-electron chi connectivity index (χ2n) is 4.89. The normalized spacial score (nSPS) is 15.4. The molecule has 0 bridgehead atoms. The first-order chi connectivity index (χ1) is 10.2. The first-order valence-electron chi connectivity index (χ1n) is 7.07. The molecule has 1 aromatic rings. The Labute approximate surface area is 124 Å². The smallest absolute Gasteiger partial charge is 0.253 e. The van der Waals surface area contributed by atoms with E-state index in [1.807, 2.05) is 4.90 Å². The molecule has 1 aliphatic rings. The Morgan fingerprint density at radius 3 is 2.33 bits per heavy atom. The average Bonchev–Trinajstić information content (AvgIpc) is 2.54. The number of amides is 1. The Kier molecular flexibility index (Phi) is 5.76. The number of piperazine rings is 1. The van der Waals surface area contributed by atoms with Crippen LogP contribution < -0.4 is 0 Å². The number of carbonyl (C=O) groups is 1. The molecule has 0 saturated carbocycles. The second kappa shape index (κ2) is 7.79. The summed E-state index contributed by atoms with van der Waals surface area (Å²) >= 11 is 0. The molecule has 5 nitrogen and oxygen atoms in total. The molecule has 1 aliphatic heterocycles. The lowest BCUT2D eigenvalue weighted by Gasteiger charge is -2.34. The van der Waals surface area contributed by atoms with Crippen LogP contribution in [0, 0.1) is 11.8 Å². The van der Waals surface area contributed by atoms with Crippen LogP contribution in [0.15, 0.2) is 24.3 Å². The van der Waals surface area contributed by atoms with Crippen LogP contribution in [-0.2, 0) is 0 Å². The molecule has 1 saturated heterocycles. The molecular weight excluding hydrogens is 268 g/mol. The number of aliphatic hydroxyl groups is 2. The zero-order valence-electron chi connectivity index (χ0n) is 12.0. The number of carbonyl (C=O) groups excluding carboxylic acids is 1. The predicted molar refractivity (Wildman–Crippen MR) is 79.8 cm³/mol. The molecule has 1 fully saturated rings. The lowest BCUT2D eigenvalue weighted by molar-refractivity contribution is 0.0615. The number of β-amino-alcohol motifs (C(OH)–C–C–N with tert-alkyl or cyclic N) is 1. The minimum Gasteiger partial charge on any atom is -0.395 e. The Hall–Kier alpha value is -1.87. The molecule has 2 N–H and O–H groups in total. The van der Waals surface area contributed by atoms with Gasteiger partial charge in [-0.3, -0.25) is 9.69 Å². The third kappa shape index (κ3) is 4.30. The van der Waals surface area contributed by atoms with Crippen LogP contribution >= 0.6 is 0 Å². The van der Waals surface area contributed by atoms with Gasteiger partial charge in [-0.15, -0.1) is 0 Å². The Morgan fingerprint density at radius 2 is 1.76 bits per heavy atom. The van der Waals surface area contributed by atoms with E-state index in [2.05, 4.69) is 16.7 Å². The summed E-state index contributed by atoms with van der Waals surface area (Å²) in [6.07, 6.45) is 0. The van der Waals surface area contributed by atoms with Gasteiger partial charge < -0.3 is 15.1 Å². The van der Waals surface area contributed by atoms with E-state index in [4.69, 9.17) is 10.2 Å². The van der Waals surface area contributed by atoms with Crippen molar-refractivity contribution in [3.63, 3.8) is 0 Å². The summed E-state index contributed by atoms with van der Waals surface area (Å²) in [4.78, 5) is 16.4. The maximum Gasteiger partial charge on any atom is 0.253 e. The maximum atomic E-state index is 12.4. The van der Waals surface area contributed by atoms with E-state index in [-0.39, 0.29) is 19.1 Å². The summed E-state index contributed by atoms with van der Waals surface area (Å²) in [5.74, 6) is 5.41. The van der Waals surface area contributed by atoms with Gasteiger partial charge in [-0.25, -0.2) is 0 Å². The predicted octanol–water partition coefficient (Wildman–Crippen LogP) is -0.220. The monoisotopic (exact) mass is 288 g/mol. The summed E-state index contributed by atoms with van der Waals surface area (Å²) < 4.78 is 0. The number of rotatable bonds is 3. The molecule has 0 atom stereocenters. The Balaban J connectivity index is 1.94. The number of hydrogen-bond acceptors (Lipinski definition) is 4. The topological polar surface area (TPSA) is 64.0 Å². The van der Waals surface area contributed by atoms with E-state index in [0.717, 1.165) is 18.7 Å². The molecule has 1 amide bonds. The van der Waals surface area contributed by atoms with Gasteiger partial charge in [-0.2, -0.15) is 0 Å². The summed E-state index contributed by atoms with van der Waals surface area (Å²) in [6.45, 7) is 3.62. The van der Waals surface area contributed by atoms with E-state index < -0.39 is 0 Å². The molecule has 5 heteroatoms. The fourth-order valence-corrected chi connectivity index (χ4v) is 2.34. The number of nitrogens with zero attached hydrogens (tertiary/aromatic N) is 2. The van der Waals surface area contributed by atoms with Gasteiger partial charge in [0.05, 0.1) is 6.61 Å². The van der Waals surface area contributed by atoms with Crippen LogP contribution in [0.5, 0.6) is 0 Å². The van der Waals surface area contributed by atoms with Gasteiger partial charge in [-0.05, 0) is 24.3 Å². The van der Waals surface area contributed by atoms with Crippen LogP contribution in [0.1, 0.15) is 15.9 Å². The van der Waals surface area contributed by atoms with Crippen molar-refractivity contribution in [3.05, 3.63) is 35.4 Å². The quantitative estimate of drug-likeness (QED) is 0.755. The van der Waals surface area contributed by atoms with Crippen LogP contribution in [0.25, 0.3) is 0 Å². The molecular formula is C16H20N2O3. The summed E-state index contributed by atoms with van der Waals surface area (Å²) in [5, 5.41) is 17.6. The number of aliphatic hydroxyl groups excluding tert-OH is 2. The highest BCUT2D eigenvalue weighted by atomic mass is 16.3. The van der Waals surface area contributed by atoms with Gasteiger partial charge >= 0.3 is 0 Å². The van der Waals surface area contributed by atoms with Crippen molar-refractivity contribution in [2.75, 3.05) is 45.9 Å². The molecule has 0 radical (unpaired) electrons. The standard InChI is InChI=1S/C16H20N2O3/c19-12-1-2-14-3-5-15(6-4-14)16(21)18-9-7-17(8-10-18)11-13-20/h3-6,19-20H,7-13H2. The van der Waals surface area contributed by atoms with Crippen molar-refractivity contribution in [3.8, 4) is 11.8 Å². The SMILES string of the molecule is O=C(c1ccc(C#CCO)cc1)N1CCN(CCO)CC1. The Bertz CT molecular complexity index is 523. The summed E-state index contributed by atoms with van der Waals surface area (Å²) in [7, 11) is 0. The van der Waals surface area contributed by atoms with E-state index in [1.165, 1.54) is 0 Å². The van der Waals surface area contributed by atoms with Gasteiger partial charge in [0, 0.05) is 43.9 Å². The van der Waals surface area contributed by atoms with E-state index in [0.29, 0.717) is 25.2 Å². The molecule has 1 aromatic carbocycles. The number of hydrogen-bond donors (Lipinski definition) is 2. The molecule has 112 valence electrons. The largest absolute Gasteiger partial charge is 0.395 e. The third-order valence-corrected chi connectivity index (χ3v) is 3.52. The van der Waals surface area contributed by atoms with Crippen LogP contribution in [0.2, 0.25) is 0 Å². The molecule has 2 rings (SSSR count). The first-order valence-corrected chi connectivity index (χ1v) is 7.07. The minimum atomic E-state index is -0.168. The maximum absolute atomic E-state index is 12.4. The molecule has 0 unspecified atom stereocenters. The van der Waals surface area contributed by atoms with Crippen molar-refractivity contribution in [2.45, 2.75) is 0 Å². The van der Waals surface area contributed by atoms with Gasteiger partial charge in [0.25, 0.3) is 5.91 Å². The van der Waals surface area contributed by atoms with Gasteiger partial charge in [0.15, 0.2) is 0 Å². The highest BCUT2D eigenvalue weighted by molar-refractivity contribution is 5.94. The highest BCUT2D eigenvalue weighted by Crippen LogP contribution is 2.10. The van der Waals surface area contributed by atoms with Crippen molar-refractivity contribution < 1.29 is 15.0 Å². The summed E-state index contributed by atoms with van der Waals surface area (Å²) in [6, 6.07) is 7.11. The van der Waals surface area contributed by atoms with Crippen molar-refractivity contribution in [1.29, 1.82) is 0 Å². The molecule has 21 heavy (non-hydrogen) atoms. The van der Waals surface area contributed by atoms with Crippen LogP contribution in [0.3, 0.4) is 0 Å². The van der Waals surface area contributed by atoms with E-state index in [1.54, 1.807) is 24.3 Å². The van der Waals surface area contributed by atoms with Crippen molar-refractivity contribution in [1.82, 2.24) is 9.80 Å². The van der Waals surface area contributed by atoms with E-state index in [9.17, 15) is 4.79 Å². The zero-order valence-corrected chi connectivity index (χ0v) is 12.0. The second-order valence-corrected chi connectivity index (χ2v) is 4.89. The van der Waals surface area contributed by atoms with Gasteiger partial charge in [0.2, 0.25) is 0 Å². The van der Waals surface area contributed by atoms with Crippen molar-refractivity contribution in [2.24, 2.45) is 0 Å². The summed E-state index contributed by atoms with van der Waals surface area (Å²) in [5.41, 5.74) is 1.44. The number of benzene rings is 1. The third-order valence-electron chi connectivity index (χ3n) is 3.52. The molecule has 1 heterocycles. The molecule has 0 aromatic heterocycles. The van der Waals surface area contributed by atoms with Crippen LogP contribution in [0.4, 0.5) is 0 Å². The first kappa shape index (κ1) is 15.5.